The minimum atomic E-state index is 0.518. The van der Waals surface area contributed by atoms with E-state index in [1.165, 1.54) is 11.1 Å². The molecule has 0 radical (unpaired) electrons. The smallest absolute Gasteiger partial charge is 0.147 e. The molecule has 3 heteroatoms. The highest BCUT2D eigenvalue weighted by molar-refractivity contribution is 5.69. The van der Waals surface area contributed by atoms with Crippen LogP contribution < -0.4 is 11.1 Å². The van der Waals surface area contributed by atoms with E-state index in [1.807, 2.05) is 12.1 Å². The van der Waals surface area contributed by atoms with E-state index in [4.69, 9.17) is 5.73 Å². The van der Waals surface area contributed by atoms with E-state index in [-0.39, 0.29) is 0 Å². The number of rotatable bonds is 3. The van der Waals surface area contributed by atoms with Crippen LogP contribution in [-0.2, 0) is 6.42 Å². The lowest BCUT2D eigenvalue weighted by Gasteiger charge is -2.10. The minimum absolute atomic E-state index is 0.518. The molecule has 0 aliphatic carbocycles. The Kier molecular flexibility index (Phi) is 3.28. The molecule has 0 saturated heterocycles. The third-order valence-electron chi connectivity index (χ3n) is 2.84. The molecule has 0 bridgehead atoms. The molecule has 0 atom stereocenters. The van der Waals surface area contributed by atoms with Crippen molar-refractivity contribution in [1.29, 1.82) is 0 Å². The van der Waals surface area contributed by atoms with Crippen molar-refractivity contribution < 1.29 is 0 Å². The number of nitrogen functional groups attached to an aromatic ring is 1. The lowest BCUT2D eigenvalue weighted by atomic mass is 10.1. The van der Waals surface area contributed by atoms with E-state index >= 15 is 0 Å². The summed E-state index contributed by atoms with van der Waals surface area (Å²) in [5, 5.41) is 3.28. The Morgan fingerprint density at radius 3 is 2.76 bits per heavy atom. The van der Waals surface area contributed by atoms with Crippen molar-refractivity contribution >= 4 is 17.2 Å². The lowest BCUT2D eigenvalue weighted by Crippen LogP contribution is -1.98. The zero-order valence-corrected chi connectivity index (χ0v) is 10.2. The maximum Gasteiger partial charge on any atom is 0.147 e. The largest absolute Gasteiger partial charge is 0.382 e. The minimum Gasteiger partial charge on any atom is -0.382 e. The fourth-order valence-corrected chi connectivity index (χ4v) is 1.85. The Bertz CT molecular complexity index is 521. The van der Waals surface area contributed by atoms with Crippen LogP contribution in [-0.4, -0.2) is 4.98 Å². The second-order valence-corrected chi connectivity index (χ2v) is 4.06. The number of anilines is 3. The van der Waals surface area contributed by atoms with Crippen LogP contribution in [0.3, 0.4) is 0 Å². The quantitative estimate of drug-likeness (QED) is 0.846. The van der Waals surface area contributed by atoms with Crippen LogP contribution in [0.4, 0.5) is 17.2 Å². The number of nitrogens with two attached hydrogens (primary N) is 1. The average molecular weight is 227 g/mol. The number of hydrogen-bond donors (Lipinski definition) is 2. The lowest BCUT2D eigenvalue weighted by molar-refractivity contribution is 1.11. The van der Waals surface area contributed by atoms with Gasteiger partial charge in [0.25, 0.3) is 0 Å². The molecular formula is C14H17N3. The number of aromatic nitrogens is 1. The molecule has 2 aromatic rings. The Labute approximate surface area is 102 Å². The van der Waals surface area contributed by atoms with Gasteiger partial charge < -0.3 is 11.1 Å². The summed E-state index contributed by atoms with van der Waals surface area (Å²) in [4.78, 5) is 4.05. The van der Waals surface area contributed by atoms with E-state index in [1.54, 1.807) is 6.20 Å². The molecule has 0 amide bonds. The first kappa shape index (κ1) is 11.5. The van der Waals surface area contributed by atoms with Gasteiger partial charge in [-0.05, 0) is 48.7 Å². The summed E-state index contributed by atoms with van der Waals surface area (Å²) in [5.41, 5.74) is 10.3. The van der Waals surface area contributed by atoms with Gasteiger partial charge in [-0.25, -0.2) is 4.98 Å². The number of hydrogen-bond acceptors (Lipinski definition) is 3. The van der Waals surface area contributed by atoms with E-state index in [0.29, 0.717) is 5.82 Å². The monoisotopic (exact) mass is 227 g/mol. The Morgan fingerprint density at radius 2 is 2.12 bits per heavy atom. The van der Waals surface area contributed by atoms with Gasteiger partial charge in [0.2, 0.25) is 0 Å². The number of aryl methyl sites for hydroxylation is 2. The van der Waals surface area contributed by atoms with Crippen molar-refractivity contribution in [3.63, 3.8) is 0 Å². The molecule has 3 N–H and O–H groups in total. The van der Waals surface area contributed by atoms with Crippen LogP contribution in [0.1, 0.15) is 18.1 Å². The zero-order chi connectivity index (χ0) is 12.3. The molecule has 2 rings (SSSR count). The number of nitrogens with zero attached hydrogens (tertiary/aromatic N) is 1. The molecule has 1 heterocycles. The maximum absolute atomic E-state index is 5.79. The van der Waals surface area contributed by atoms with Gasteiger partial charge in [0, 0.05) is 11.9 Å². The molecule has 0 saturated carbocycles. The first-order valence-corrected chi connectivity index (χ1v) is 5.77. The van der Waals surface area contributed by atoms with E-state index in [0.717, 1.165) is 17.8 Å². The topological polar surface area (TPSA) is 50.9 Å². The number of pyridine rings is 1. The molecule has 0 unspecified atom stereocenters. The van der Waals surface area contributed by atoms with Crippen LogP contribution in [0.15, 0.2) is 36.5 Å². The molecule has 0 spiro atoms. The average Bonchev–Trinajstić information content (AvgIpc) is 2.32. The second kappa shape index (κ2) is 4.87. The van der Waals surface area contributed by atoms with Gasteiger partial charge in [0.15, 0.2) is 0 Å². The van der Waals surface area contributed by atoms with Crippen molar-refractivity contribution in [2.24, 2.45) is 0 Å². The van der Waals surface area contributed by atoms with Gasteiger partial charge in [0.05, 0.1) is 5.69 Å². The van der Waals surface area contributed by atoms with E-state index in [2.05, 4.69) is 42.3 Å². The van der Waals surface area contributed by atoms with Gasteiger partial charge in [-0.1, -0.05) is 13.0 Å². The van der Waals surface area contributed by atoms with Crippen LogP contribution in [0.5, 0.6) is 0 Å². The summed E-state index contributed by atoms with van der Waals surface area (Å²) < 4.78 is 0. The zero-order valence-electron chi connectivity index (χ0n) is 10.2. The van der Waals surface area contributed by atoms with Gasteiger partial charge in [-0.3, -0.25) is 0 Å². The summed E-state index contributed by atoms with van der Waals surface area (Å²) in [6.45, 7) is 4.28. The van der Waals surface area contributed by atoms with Crippen molar-refractivity contribution in [3.05, 3.63) is 47.7 Å². The van der Waals surface area contributed by atoms with Crippen LogP contribution in [0.2, 0.25) is 0 Å². The predicted octanol–water partition coefficient (Wildman–Crippen LogP) is 3.28. The van der Waals surface area contributed by atoms with Gasteiger partial charge >= 0.3 is 0 Å². The first-order chi connectivity index (χ1) is 8.20. The van der Waals surface area contributed by atoms with Crippen molar-refractivity contribution in [3.8, 4) is 0 Å². The Morgan fingerprint density at radius 1 is 1.29 bits per heavy atom. The first-order valence-electron chi connectivity index (χ1n) is 5.77. The summed E-state index contributed by atoms with van der Waals surface area (Å²) in [7, 11) is 0. The normalized spacial score (nSPS) is 10.2. The number of benzene rings is 1. The van der Waals surface area contributed by atoms with Crippen LogP contribution >= 0.6 is 0 Å². The molecule has 0 aliphatic heterocycles. The summed E-state index contributed by atoms with van der Waals surface area (Å²) in [6, 6.07) is 10.1. The van der Waals surface area contributed by atoms with Gasteiger partial charge in [-0.15, -0.1) is 0 Å². The predicted molar refractivity (Wildman–Crippen MR) is 72.5 cm³/mol. The van der Waals surface area contributed by atoms with E-state index in [9.17, 15) is 0 Å². The number of nitrogens with one attached hydrogen (secondary N) is 1. The second-order valence-electron chi connectivity index (χ2n) is 4.06. The van der Waals surface area contributed by atoms with Gasteiger partial charge in [0.1, 0.15) is 5.82 Å². The molecule has 0 aliphatic rings. The standard InChI is InChI=1S/C14H17N3/c1-3-11-6-7-12(9-10(11)2)17-13-5-4-8-16-14(13)15/h4-9,17H,3H2,1-2H3,(H2,15,16). The molecule has 1 aromatic heterocycles. The van der Waals surface area contributed by atoms with Crippen molar-refractivity contribution in [2.45, 2.75) is 20.3 Å². The van der Waals surface area contributed by atoms with E-state index < -0.39 is 0 Å². The molecule has 0 fully saturated rings. The van der Waals surface area contributed by atoms with Crippen LogP contribution in [0, 0.1) is 6.92 Å². The fourth-order valence-electron chi connectivity index (χ4n) is 1.85. The maximum atomic E-state index is 5.79. The Hall–Kier alpha value is -2.03. The highest BCUT2D eigenvalue weighted by Gasteiger charge is 2.01. The van der Waals surface area contributed by atoms with Crippen molar-refractivity contribution in [1.82, 2.24) is 4.98 Å². The molecule has 88 valence electrons. The molecule has 3 nitrogen and oxygen atoms in total. The highest BCUT2D eigenvalue weighted by atomic mass is 15.0. The third kappa shape index (κ3) is 2.56. The third-order valence-corrected chi connectivity index (χ3v) is 2.84. The molecule has 1 aromatic carbocycles. The molecule has 17 heavy (non-hydrogen) atoms. The van der Waals surface area contributed by atoms with Crippen LogP contribution in [0.25, 0.3) is 0 Å². The summed E-state index contributed by atoms with van der Waals surface area (Å²) >= 11 is 0. The highest BCUT2D eigenvalue weighted by Crippen LogP contribution is 2.22. The SMILES string of the molecule is CCc1ccc(Nc2cccnc2N)cc1C. The fraction of sp³-hybridized carbons (Fsp3) is 0.214. The Balaban J connectivity index is 2.25. The summed E-state index contributed by atoms with van der Waals surface area (Å²) in [5.74, 6) is 0.518. The summed E-state index contributed by atoms with van der Waals surface area (Å²) in [6.07, 6.45) is 2.74. The van der Waals surface area contributed by atoms with Crippen molar-refractivity contribution in [2.75, 3.05) is 11.1 Å². The molecular weight excluding hydrogens is 210 g/mol. The van der Waals surface area contributed by atoms with Gasteiger partial charge in [-0.2, -0.15) is 0 Å².